The lowest BCUT2D eigenvalue weighted by Crippen LogP contribution is -2.56. The molecular formula is C29H39N3O5. The number of nitrogens with one attached hydrogen (secondary N) is 2. The fourth-order valence-electron chi connectivity index (χ4n) is 6.45. The molecule has 1 spiro atoms. The van der Waals surface area contributed by atoms with Crippen LogP contribution in [0.15, 0.2) is 36.4 Å². The normalized spacial score (nSPS) is 30.7. The topological polar surface area (TPSA) is 97.0 Å². The summed E-state index contributed by atoms with van der Waals surface area (Å²) in [5.74, 6) is -2.06. The highest BCUT2D eigenvalue weighted by Gasteiger charge is 2.72. The molecule has 1 aliphatic carbocycles. The Balaban J connectivity index is 1.39. The molecule has 200 valence electrons. The third kappa shape index (κ3) is 4.93. The van der Waals surface area contributed by atoms with E-state index in [4.69, 9.17) is 9.47 Å². The number of carbonyl (C=O) groups excluding carboxylic acids is 3. The predicted molar refractivity (Wildman–Crippen MR) is 140 cm³/mol. The minimum atomic E-state index is -1.13. The van der Waals surface area contributed by atoms with Crippen molar-refractivity contribution in [3.63, 3.8) is 0 Å². The molecule has 0 radical (unpaired) electrons. The Morgan fingerprint density at radius 2 is 1.86 bits per heavy atom. The third-order valence-corrected chi connectivity index (χ3v) is 8.19. The van der Waals surface area contributed by atoms with Gasteiger partial charge >= 0.3 is 0 Å². The molecule has 3 heterocycles. The van der Waals surface area contributed by atoms with Crippen LogP contribution in [0.25, 0.3) is 0 Å². The van der Waals surface area contributed by atoms with Gasteiger partial charge in [-0.25, -0.2) is 0 Å². The van der Waals surface area contributed by atoms with Crippen LogP contribution in [0.2, 0.25) is 0 Å². The fourth-order valence-corrected chi connectivity index (χ4v) is 6.45. The summed E-state index contributed by atoms with van der Waals surface area (Å²) >= 11 is 0. The average molecular weight is 510 g/mol. The molecule has 2 saturated heterocycles. The maximum absolute atomic E-state index is 13.9. The number of ether oxygens (including phenoxy) is 2. The molecular weight excluding hydrogens is 470 g/mol. The van der Waals surface area contributed by atoms with Crippen molar-refractivity contribution in [1.82, 2.24) is 10.2 Å². The molecule has 37 heavy (non-hydrogen) atoms. The number of nitrogens with zero attached hydrogens (tertiary/aromatic N) is 1. The summed E-state index contributed by atoms with van der Waals surface area (Å²) in [5.41, 5.74) is 0.642. The first-order chi connectivity index (χ1) is 17.8. The van der Waals surface area contributed by atoms with E-state index in [2.05, 4.69) is 10.6 Å². The SMILES string of the molecule is Cc1ccc(NC(=O)C2[C@H]3C=CC4(O3)C(C(=O)NC3CCCCC3)N(CCCOC(C)C)C(=O)[C@@H]24)cc1. The average Bonchev–Trinajstić information content (AvgIpc) is 3.51. The highest BCUT2D eigenvalue weighted by Crippen LogP contribution is 2.55. The zero-order chi connectivity index (χ0) is 26.2. The van der Waals surface area contributed by atoms with Gasteiger partial charge < -0.3 is 25.0 Å². The van der Waals surface area contributed by atoms with E-state index in [1.165, 1.54) is 6.42 Å². The summed E-state index contributed by atoms with van der Waals surface area (Å²) in [6, 6.07) is 6.88. The molecule has 4 aliphatic rings. The summed E-state index contributed by atoms with van der Waals surface area (Å²) in [6.07, 6.45) is 9.17. The van der Waals surface area contributed by atoms with Gasteiger partial charge in [0, 0.05) is 24.9 Å². The van der Waals surface area contributed by atoms with Gasteiger partial charge in [0.2, 0.25) is 17.7 Å². The Kier molecular flexibility index (Phi) is 7.41. The lowest BCUT2D eigenvalue weighted by molar-refractivity contribution is -0.141. The number of carbonyl (C=O) groups is 3. The Bertz CT molecular complexity index is 1050. The van der Waals surface area contributed by atoms with Crippen LogP contribution in [0.5, 0.6) is 0 Å². The van der Waals surface area contributed by atoms with Gasteiger partial charge in [-0.1, -0.05) is 49.1 Å². The molecule has 5 rings (SSSR count). The van der Waals surface area contributed by atoms with Crippen molar-refractivity contribution in [2.75, 3.05) is 18.5 Å². The van der Waals surface area contributed by atoms with E-state index < -0.39 is 29.6 Å². The largest absolute Gasteiger partial charge is 0.379 e. The van der Waals surface area contributed by atoms with E-state index in [-0.39, 0.29) is 29.9 Å². The summed E-state index contributed by atoms with van der Waals surface area (Å²) in [4.78, 5) is 42.9. The highest BCUT2D eigenvalue weighted by atomic mass is 16.5. The van der Waals surface area contributed by atoms with Gasteiger partial charge in [0.15, 0.2) is 0 Å². The molecule has 5 atom stereocenters. The van der Waals surface area contributed by atoms with Gasteiger partial charge in [-0.15, -0.1) is 0 Å². The number of fused-ring (bicyclic) bond motifs is 1. The molecule has 3 unspecified atom stereocenters. The van der Waals surface area contributed by atoms with Gasteiger partial charge in [0.05, 0.1) is 24.0 Å². The summed E-state index contributed by atoms with van der Waals surface area (Å²) in [6.45, 7) is 6.80. The molecule has 1 aromatic carbocycles. The van der Waals surface area contributed by atoms with Crippen LogP contribution < -0.4 is 10.6 Å². The summed E-state index contributed by atoms with van der Waals surface area (Å²) in [5, 5.41) is 6.19. The van der Waals surface area contributed by atoms with Gasteiger partial charge in [-0.2, -0.15) is 0 Å². The molecule has 3 fully saturated rings. The summed E-state index contributed by atoms with van der Waals surface area (Å²) < 4.78 is 12.1. The molecule has 2 bridgehead atoms. The number of hydrogen-bond donors (Lipinski definition) is 2. The van der Waals surface area contributed by atoms with Crippen LogP contribution >= 0.6 is 0 Å². The number of likely N-dealkylation sites (tertiary alicyclic amines) is 1. The monoisotopic (exact) mass is 509 g/mol. The van der Waals surface area contributed by atoms with Crippen LogP contribution in [0.3, 0.4) is 0 Å². The second-order valence-corrected chi connectivity index (χ2v) is 11.2. The minimum absolute atomic E-state index is 0.0920. The Morgan fingerprint density at radius 3 is 2.57 bits per heavy atom. The van der Waals surface area contributed by atoms with Crippen molar-refractivity contribution in [3.8, 4) is 0 Å². The second-order valence-electron chi connectivity index (χ2n) is 11.2. The summed E-state index contributed by atoms with van der Waals surface area (Å²) in [7, 11) is 0. The Hall–Kier alpha value is -2.71. The van der Waals surface area contributed by atoms with E-state index in [1.54, 1.807) is 4.90 Å². The minimum Gasteiger partial charge on any atom is -0.379 e. The molecule has 1 aromatic rings. The van der Waals surface area contributed by atoms with Crippen molar-refractivity contribution >= 4 is 23.4 Å². The number of hydrogen-bond acceptors (Lipinski definition) is 5. The fraction of sp³-hybridized carbons (Fsp3) is 0.621. The first-order valence-corrected chi connectivity index (χ1v) is 13.8. The molecule has 1 saturated carbocycles. The Morgan fingerprint density at radius 1 is 1.14 bits per heavy atom. The van der Waals surface area contributed by atoms with Crippen LogP contribution in [0.1, 0.15) is 57.9 Å². The predicted octanol–water partition coefficient (Wildman–Crippen LogP) is 3.35. The number of amides is 3. The molecule has 3 aliphatic heterocycles. The maximum atomic E-state index is 13.9. The van der Waals surface area contributed by atoms with E-state index in [0.29, 0.717) is 25.3 Å². The first-order valence-electron chi connectivity index (χ1n) is 13.8. The van der Waals surface area contributed by atoms with Gasteiger partial charge in [-0.05, 0) is 52.2 Å². The number of rotatable bonds is 9. The molecule has 8 heteroatoms. The Labute approximate surface area is 219 Å². The standard InChI is InChI=1S/C29H39N3O5/c1-18(2)36-17-7-16-32-25(27(34)31-20-8-5-4-6-9-20)29-15-14-22(37-29)23(24(29)28(32)35)26(33)30-21-12-10-19(3)11-13-21/h10-15,18,20,22-25H,4-9,16-17H2,1-3H3,(H,30,33)(H,31,34)/t22-,23?,24-,25?,29?/m1/s1. The third-order valence-electron chi connectivity index (χ3n) is 8.19. The lowest BCUT2D eigenvalue weighted by atomic mass is 9.74. The number of aryl methyl sites for hydroxylation is 1. The maximum Gasteiger partial charge on any atom is 0.246 e. The smallest absolute Gasteiger partial charge is 0.246 e. The van der Waals surface area contributed by atoms with E-state index in [9.17, 15) is 14.4 Å². The highest BCUT2D eigenvalue weighted by molar-refractivity contribution is 6.02. The van der Waals surface area contributed by atoms with Gasteiger partial charge in [-0.3, -0.25) is 14.4 Å². The first kappa shape index (κ1) is 25.9. The molecule has 8 nitrogen and oxygen atoms in total. The molecule has 2 N–H and O–H groups in total. The van der Waals surface area contributed by atoms with E-state index >= 15 is 0 Å². The molecule has 0 aromatic heterocycles. The number of anilines is 1. The van der Waals surface area contributed by atoms with Crippen molar-refractivity contribution in [3.05, 3.63) is 42.0 Å². The van der Waals surface area contributed by atoms with Gasteiger partial charge in [0.25, 0.3) is 0 Å². The zero-order valence-electron chi connectivity index (χ0n) is 22.1. The second kappa shape index (κ2) is 10.6. The van der Waals surface area contributed by atoms with Crippen LogP contribution in [0, 0.1) is 18.8 Å². The number of benzene rings is 1. The lowest BCUT2D eigenvalue weighted by Gasteiger charge is -2.34. The van der Waals surface area contributed by atoms with Crippen molar-refractivity contribution in [2.45, 2.75) is 89.2 Å². The van der Waals surface area contributed by atoms with E-state index in [0.717, 1.165) is 31.2 Å². The van der Waals surface area contributed by atoms with Crippen molar-refractivity contribution in [2.24, 2.45) is 11.8 Å². The molecule has 3 amide bonds. The van der Waals surface area contributed by atoms with Crippen molar-refractivity contribution < 1.29 is 23.9 Å². The van der Waals surface area contributed by atoms with Crippen LogP contribution in [0.4, 0.5) is 5.69 Å². The van der Waals surface area contributed by atoms with Crippen LogP contribution in [-0.4, -0.2) is 65.7 Å². The van der Waals surface area contributed by atoms with Gasteiger partial charge in [0.1, 0.15) is 11.6 Å². The van der Waals surface area contributed by atoms with Crippen LogP contribution in [-0.2, 0) is 23.9 Å². The quantitative estimate of drug-likeness (QED) is 0.393. The van der Waals surface area contributed by atoms with Crippen molar-refractivity contribution in [1.29, 1.82) is 0 Å². The zero-order valence-corrected chi connectivity index (χ0v) is 22.1. The van der Waals surface area contributed by atoms with E-state index in [1.807, 2.05) is 57.2 Å².